The SMILES string of the molecule is CC(=O)OC1CCC2(C)C(=CCC3C4CCC(=O)C4(C)CCC32)C1.Cl.NC(N)=NC(=O)c1nc(Cl)c(N)nc1N. The number of carbonyl (C=O) groups is 3. The van der Waals surface area contributed by atoms with Crippen molar-refractivity contribution in [3.05, 3.63) is 22.5 Å². The number of halogens is 2. The van der Waals surface area contributed by atoms with Gasteiger partial charge in [0.1, 0.15) is 11.9 Å². The smallest absolute Gasteiger partial charge is 0.302 e. The molecule has 3 fully saturated rings. The molecule has 5 rings (SSSR count). The van der Waals surface area contributed by atoms with Gasteiger partial charge in [-0.05, 0) is 61.7 Å². The van der Waals surface area contributed by atoms with Gasteiger partial charge in [0.15, 0.2) is 28.4 Å². The van der Waals surface area contributed by atoms with Gasteiger partial charge in [-0.25, -0.2) is 9.97 Å². The number of rotatable bonds is 2. The van der Waals surface area contributed by atoms with Gasteiger partial charge >= 0.3 is 11.9 Å². The Morgan fingerprint density at radius 1 is 1.05 bits per heavy atom. The first-order chi connectivity index (χ1) is 18.3. The lowest BCUT2D eigenvalue weighted by Crippen LogP contribution is -2.50. The van der Waals surface area contributed by atoms with Crippen molar-refractivity contribution < 1.29 is 19.1 Å². The summed E-state index contributed by atoms with van der Waals surface area (Å²) in [5, 5.41) is -0.140. The summed E-state index contributed by atoms with van der Waals surface area (Å²) in [4.78, 5) is 45.5. The van der Waals surface area contributed by atoms with E-state index in [1.807, 2.05) is 0 Å². The van der Waals surface area contributed by atoms with Gasteiger partial charge in [0.05, 0.1) is 0 Å². The molecule has 1 aromatic rings. The van der Waals surface area contributed by atoms with Crippen LogP contribution in [0, 0.1) is 28.6 Å². The summed E-state index contributed by atoms with van der Waals surface area (Å²) in [7, 11) is 0. The fourth-order valence-electron chi connectivity index (χ4n) is 7.50. The maximum absolute atomic E-state index is 12.4. The normalized spacial score (nSPS) is 32.0. The Morgan fingerprint density at radius 2 is 1.70 bits per heavy atom. The van der Waals surface area contributed by atoms with E-state index in [4.69, 9.17) is 39.3 Å². The molecule has 4 aliphatic rings. The number of allylic oxidation sites excluding steroid dienone is 1. The number of esters is 1. The Labute approximate surface area is 245 Å². The summed E-state index contributed by atoms with van der Waals surface area (Å²) in [6, 6.07) is 0. The first kappa shape index (κ1) is 31.6. The molecule has 1 heterocycles. The molecule has 3 saturated carbocycles. The summed E-state index contributed by atoms with van der Waals surface area (Å²) in [6.45, 7) is 6.19. The number of nitrogen functional groups attached to an aromatic ring is 2. The number of amides is 1. The maximum atomic E-state index is 12.4. The molecular weight excluding hydrogens is 557 g/mol. The van der Waals surface area contributed by atoms with Crippen LogP contribution in [-0.2, 0) is 14.3 Å². The van der Waals surface area contributed by atoms with Crippen LogP contribution in [0.25, 0.3) is 0 Å². The minimum absolute atomic E-state index is 0. The summed E-state index contributed by atoms with van der Waals surface area (Å²) in [6.07, 6.45) is 10.8. The molecule has 0 saturated heterocycles. The number of aromatic nitrogens is 2. The van der Waals surface area contributed by atoms with E-state index in [-0.39, 0.29) is 57.8 Å². The third-order valence-electron chi connectivity index (χ3n) is 9.44. The van der Waals surface area contributed by atoms with Crippen molar-refractivity contribution >= 4 is 59.3 Å². The second-order valence-corrected chi connectivity index (χ2v) is 12.0. The lowest BCUT2D eigenvalue weighted by atomic mass is 9.48. The molecule has 1 amide bonds. The molecule has 220 valence electrons. The first-order valence-corrected chi connectivity index (χ1v) is 13.8. The lowest BCUT2D eigenvalue weighted by Gasteiger charge is -2.56. The zero-order chi connectivity index (χ0) is 28.7. The fraction of sp³-hybridized carbons (Fsp3) is 0.630. The van der Waals surface area contributed by atoms with Crippen LogP contribution in [0.15, 0.2) is 16.6 Å². The maximum Gasteiger partial charge on any atom is 0.302 e. The zero-order valence-corrected chi connectivity index (χ0v) is 24.7. The third-order valence-corrected chi connectivity index (χ3v) is 9.72. The average molecular weight is 597 g/mol. The fourth-order valence-corrected chi connectivity index (χ4v) is 7.63. The summed E-state index contributed by atoms with van der Waals surface area (Å²) in [5.41, 5.74) is 22.2. The lowest BCUT2D eigenvalue weighted by molar-refractivity contribution is -0.148. The van der Waals surface area contributed by atoms with Crippen molar-refractivity contribution in [2.75, 3.05) is 11.5 Å². The van der Waals surface area contributed by atoms with Gasteiger partial charge in [-0.3, -0.25) is 14.4 Å². The molecule has 0 bridgehead atoms. The highest BCUT2D eigenvalue weighted by molar-refractivity contribution is 6.31. The number of anilines is 2. The Kier molecular flexibility index (Phi) is 9.40. The van der Waals surface area contributed by atoms with E-state index in [0.29, 0.717) is 23.5 Å². The number of carbonyl (C=O) groups excluding carboxylic acids is 3. The van der Waals surface area contributed by atoms with Crippen LogP contribution in [0.3, 0.4) is 0 Å². The second kappa shape index (κ2) is 11.9. The van der Waals surface area contributed by atoms with Gasteiger partial charge in [0, 0.05) is 25.2 Å². The van der Waals surface area contributed by atoms with Crippen molar-refractivity contribution in [1.29, 1.82) is 0 Å². The van der Waals surface area contributed by atoms with E-state index in [9.17, 15) is 14.4 Å². The highest BCUT2D eigenvalue weighted by atomic mass is 35.5. The van der Waals surface area contributed by atoms with Crippen LogP contribution in [0.5, 0.6) is 0 Å². The second-order valence-electron chi connectivity index (χ2n) is 11.6. The number of nitrogens with two attached hydrogens (primary N) is 4. The third kappa shape index (κ3) is 5.90. The monoisotopic (exact) mass is 595 g/mol. The summed E-state index contributed by atoms with van der Waals surface area (Å²) < 4.78 is 5.50. The van der Waals surface area contributed by atoms with Gasteiger partial charge in [-0.1, -0.05) is 37.1 Å². The van der Waals surface area contributed by atoms with Gasteiger partial charge in [0.2, 0.25) is 0 Å². The van der Waals surface area contributed by atoms with Crippen LogP contribution in [0.1, 0.15) is 82.6 Å². The molecule has 0 aliphatic heterocycles. The van der Waals surface area contributed by atoms with Crippen LogP contribution in [-0.4, -0.2) is 39.7 Å². The highest BCUT2D eigenvalue weighted by Gasteiger charge is 2.58. The van der Waals surface area contributed by atoms with Crippen LogP contribution >= 0.6 is 24.0 Å². The van der Waals surface area contributed by atoms with E-state index in [1.165, 1.54) is 18.9 Å². The van der Waals surface area contributed by atoms with Crippen molar-refractivity contribution in [2.45, 2.75) is 78.2 Å². The quantitative estimate of drug-likeness (QED) is 0.169. The van der Waals surface area contributed by atoms with Gasteiger partial charge in [0.25, 0.3) is 0 Å². The molecule has 6 atom stereocenters. The van der Waals surface area contributed by atoms with E-state index < -0.39 is 11.9 Å². The van der Waals surface area contributed by atoms with E-state index in [1.54, 1.807) is 0 Å². The minimum atomic E-state index is -0.832. The van der Waals surface area contributed by atoms with Crippen molar-refractivity contribution in [3.63, 3.8) is 0 Å². The standard InChI is InChI=1S/C21H30O3.C6H8ClN7O.ClH/c1-13(22)24-15-8-10-20(2)14(12-15)4-5-16-17-6-7-19(23)21(17,3)11-9-18(16)20;7-2-4(9)13-3(8)1(12-2)5(15)14-6(10)11;/h4,15-18H,5-12H2,1-3H3;(H4,8,9,13)(H4,10,11,14,15);1H. The van der Waals surface area contributed by atoms with Crippen LogP contribution < -0.4 is 22.9 Å². The molecule has 0 spiro atoms. The van der Waals surface area contributed by atoms with Gasteiger partial charge in [-0.15, -0.1) is 12.4 Å². The van der Waals surface area contributed by atoms with Crippen LogP contribution in [0.4, 0.5) is 11.6 Å². The Bertz CT molecular complexity index is 1250. The van der Waals surface area contributed by atoms with Crippen LogP contribution in [0.2, 0.25) is 5.15 Å². The van der Waals surface area contributed by atoms with E-state index >= 15 is 0 Å². The molecule has 13 heteroatoms. The molecule has 4 aliphatic carbocycles. The number of ether oxygens (including phenoxy) is 1. The Morgan fingerprint density at radius 3 is 2.35 bits per heavy atom. The largest absolute Gasteiger partial charge is 0.462 e. The van der Waals surface area contributed by atoms with Crippen molar-refractivity contribution in [2.24, 2.45) is 45.0 Å². The number of guanidine groups is 1. The summed E-state index contributed by atoms with van der Waals surface area (Å²) in [5.74, 6) is 0.831. The Balaban J connectivity index is 0.000000240. The number of aliphatic imine (C=N–C) groups is 1. The van der Waals surface area contributed by atoms with Gasteiger partial charge in [-0.2, -0.15) is 4.99 Å². The number of fused-ring (bicyclic) bond motifs is 5. The van der Waals surface area contributed by atoms with E-state index in [0.717, 1.165) is 44.9 Å². The molecule has 1 aromatic heterocycles. The molecule has 8 N–H and O–H groups in total. The number of nitrogens with zero attached hydrogens (tertiary/aromatic N) is 3. The zero-order valence-electron chi connectivity index (χ0n) is 23.1. The Hall–Kier alpha value is -2.92. The number of hydrogen-bond acceptors (Lipinski definition) is 8. The molecule has 0 aromatic carbocycles. The topological polar surface area (TPSA) is 203 Å². The minimum Gasteiger partial charge on any atom is -0.462 e. The molecule has 40 heavy (non-hydrogen) atoms. The predicted molar refractivity (Wildman–Crippen MR) is 156 cm³/mol. The number of Topliss-reactive ketones (excluding diaryl/α,β-unsaturated/α-hetero) is 1. The average Bonchev–Trinajstić information content (AvgIpc) is 3.15. The van der Waals surface area contributed by atoms with Crippen molar-refractivity contribution in [3.8, 4) is 0 Å². The summed E-state index contributed by atoms with van der Waals surface area (Å²) >= 11 is 5.55. The number of hydrogen-bond donors (Lipinski definition) is 4. The molecule has 11 nitrogen and oxygen atoms in total. The molecule has 6 unspecified atom stereocenters. The molecular formula is C27H39Cl2N7O4. The van der Waals surface area contributed by atoms with Crippen molar-refractivity contribution in [1.82, 2.24) is 9.97 Å². The molecule has 0 radical (unpaired) electrons. The van der Waals surface area contributed by atoms with Gasteiger partial charge < -0.3 is 27.7 Å². The number of ketones is 1. The first-order valence-electron chi connectivity index (χ1n) is 13.4. The highest BCUT2D eigenvalue weighted by Crippen LogP contribution is 2.64. The predicted octanol–water partition coefficient (Wildman–Crippen LogP) is 3.58. The van der Waals surface area contributed by atoms with E-state index in [2.05, 4.69) is 34.9 Å².